The number of rotatable bonds is 5. The first-order valence-electron chi connectivity index (χ1n) is 5.71. The molecule has 1 aromatic carbocycles. The second-order valence-corrected chi connectivity index (χ2v) is 4.33. The van der Waals surface area contributed by atoms with E-state index in [1.54, 1.807) is 14.2 Å². The van der Waals surface area contributed by atoms with Crippen LogP contribution < -0.4 is 0 Å². The molecule has 0 aliphatic carbocycles. The third kappa shape index (κ3) is 3.06. The summed E-state index contributed by atoms with van der Waals surface area (Å²) in [6.07, 6.45) is 0.770. The summed E-state index contributed by atoms with van der Waals surface area (Å²) in [6, 6.07) is 6.45. The summed E-state index contributed by atoms with van der Waals surface area (Å²) < 4.78 is 10.5. The number of aryl methyl sites for hydroxylation is 1. The lowest BCUT2D eigenvalue weighted by Crippen LogP contribution is -2.16. The average molecular weight is 222 g/mol. The largest absolute Gasteiger partial charge is 0.356 e. The highest BCUT2D eigenvalue weighted by Gasteiger charge is 2.15. The van der Waals surface area contributed by atoms with Gasteiger partial charge in [0, 0.05) is 20.6 Å². The molecular formula is C14H22O2. The highest BCUT2D eigenvalue weighted by Crippen LogP contribution is 2.26. The molecule has 0 aliphatic rings. The van der Waals surface area contributed by atoms with Gasteiger partial charge in [0.1, 0.15) is 0 Å². The van der Waals surface area contributed by atoms with Gasteiger partial charge in [-0.2, -0.15) is 0 Å². The van der Waals surface area contributed by atoms with Crippen LogP contribution in [-0.2, 0) is 9.47 Å². The zero-order chi connectivity index (χ0) is 12.1. The van der Waals surface area contributed by atoms with E-state index in [0.29, 0.717) is 5.92 Å². The predicted molar refractivity (Wildman–Crippen MR) is 66.8 cm³/mol. The van der Waals surface area contributed by atoms with E-state index in [1.807, 2.05) is 0 Å². The van der Waals surface area contributed by atoms with Crippen molar-refractivity contribution in [1.29, 1.82) is 0 Å². The Labute approximate surface area is 98.6 Å². The van der Waals surface area contributed by atoms with E-state index >= 15 is 0 Å². The van der Waals surface area contributed by atoms with Gasteiger partial charge in [-0.25, -0.2) is 0 Å². The fourth-order valence-electron chi connectivity index (χ4n) is 2.01. The third-order valence-corrected chi connectivity index (χ3v) is 3.25. The second kappa shape index (κ2) is 6.02. The monoisotopic (exact) mass is 222 g/mol. The van der Waals surface area contributed by atoms with Gasteiger partial charge in [-0.1, -0.05) is 25.1 Å². The molecule has 0 bridgehead atoms. The van der Waals surface area contributed by atoms with Gasteiger partial charge in [0.05, 0.1) is 0 Å². The van der Waals surface area contributed by atoms with Crippen LogP contribution >= 0.6 is 0 Å². The lowest BCUT2D eigenvalue weighted by molar-refractivity contribution is -0.108. The standard InChI is InChI=1S/C14H22O2/c1-10-7-6-8-13(12(10)3)11(2)9-14(15-4)16-5/h6-8,11,14H,9H2,1-5H3. The van der Waals surface area contributed by atoms with Gasteiger partial charge in [-0.15, -0.1) is 0 Å². The second-order valence-electron chi connectivity index (χ2n) is 4.33. The summed E-state index contributed by atoms with van der Waals surface area (Å²) >= 11 is 0. The number of hydrogen-bond donors (Lipinski definition) is 0. The van der Waals surface area contributed by atoms with Gasteiger partial charge in [0.25, 0.3) is 0 Å². The summed E-state index contributed by atoms with van der Waals surface area (Å²) in [5.41, 5.74) is 4.11. The normalized spacial score (nSPS) is 13.1. The first-order valence-corrected chi connectivity index (χ1v) is 5.71. The molecular weight excluding hydrogens is 200 g/mol. The van der Waals surface area contributed by atoms with Crippen LogP contribution in [0.3, 0.4) is 0 Å². The van der Waals surface area contributed by atoms with E-state index in [2.05, 4.69) is 39.0 Å². The van der Waals surface area contributed by atoms with Gasteiger partial charge >= 0.3 is 0 Å². The Kier molecular flexibility index (Phi) is 4.97. The molecule has 2 heteroatoms. The third-order valence-electron chi connectivity index (χ3n) is 3.25. The van der Waals surface area contributed by atoms with Crippen molar-refractivity contribution in [3.8, 4) is 0 Å². The molecule has 1 aromatic rings. The predicted octanol–water partition coefficient (Wildman–Crippen LogP) is 3.42. The summed E-state index contributed by atoms with van der Waals surface area (Å²) in [7, 11) is 3.37. The number of methoxy groups -OCH3 is 2. The minimum absolute atomic E-state index is 0.116. The average Bonchev–Trinajstić information content (AvgIpc) is 2.29. The molecule has 0 N–H and O–H groups in total. The SMILES string of the molecule is COC(CC(C)c1cccc(C)c1C)OC. The molecule has 1 rings (SSSR count). The summed E-state index contributed by atoms with van der Waals surface area (Å²) in [5, 5.41) is 0. The Bertz CT molecular complexity index is 330. The van der Waals surface area contributed by atoms with Crippen molar-refractivity contribution in [2.24, 2.45) is 0 Å². The van der Waals surface area contributed by atoms with Crippen molar-refractivity contribution in [3.05, 3.63) is 34.9 Å². The van der Waals surface area contributed by atoms with E-state index in [1.165, 1.54) is 16.7 Å². The molecule has 0 saturated heterocycles. The first-order chi connectivity index (χ1) is 7.60. The Balaban J connectivity index is 2.80. The van der Waals surface area contributed by atoms with E-state index < -0.39 is 0 Å². The first kappa shape index (κ1) is 13.2. The van der Waals surface area contributed by atoms with Crippen molar-refractivity contribution in [2.45, 2.75) is 39.4 Å². The maximum atomic E-state index is 5.24. The van der Waals surface area contributed by atoms with E-state index in [9.17, 15) is 0 Å². The Morgan fingerprint density at radius 2 is 1.75 bits per heavy atom. The molecule has 0 amide bonds. The minimum Gasteiger partial charge on any atom is -0.356 e. The summed E-state index contributed by atoms with van der Waals surface area (Å²) in [6.45, 7) is 6.54. The molecule has 1 atom stereocenters. The van der Waals surface area contributed by atoms with Gasteiger partial charge in [-0.3, -0.25) is 0 Å². The maximum absolute atomic E-state index is 5.24. The fraction of sp³-hybridized carbons (Fsp3) is 0.571. The van der Waals surface area contributed by atoms with E-state index in [-0.39, 0.29) is 6.29 Å². The maximum Gasteiger partial charge on any atom is 0.157 e. The molecule has 0 fully saturated rings. The highest BCUT2D eigenvalue weighted by atomic mass is 16.7. The highest BCUT2D eigenvalue weighted by molar-refractivity contribution is 5.35. The Hall–Kier alpha value is -0.860. The number of hydrogen-bond acceptors (Lipinski definition) is 2. The molecule has 16 heavy (non-hydrogen) atoms. The van der Waals surface area contributed by atoms with Crippen LogP contribution in [0.1, 0.15) is 36.0 Å². The Morgan fingerprint density at radius 3 is 2.31 bits per heavy atom. The zero-order valence-electron chi connectivity index (χ0n) is 10.9. The molecule has 90 valence electrons. The molecule has 0 aliphatic heterocycles. The summed E-state index contributed by atoms with van der Waals surface area (Å²) in [5.74, 6) is 0.449. The molecule has 0 saturated carbocycles. The quantitative estimate of drug-likeness (QED) is 0.711. The fourth-order valence-corrected chi connectivity index (χ4v) is 2.01. The van der Waals surface area contributed by atoms with Crippen LogP contribution in [-0.4, -0.2) is 20.5 Å². The Morgan fingerprint density at radius 1 is 1.12 bits per heavy atom. The van der Waals surface area contributed by atoms with Crippen molar-refractivity contribution in [1.82, 2.24) is 0 Å². The van der Waals surface area contributed by atoms with Crippen LogP contribution in [0.5, 0.6) is 0 Å². The van der Waals surface area contributed by atoms with Crippen LogP contribution in [0.2, 0.25) is 0 Å². The van der Waals surface area contributed by atoms with Gasteiger partial charge in [-0.05, 0) is 36.5 Å². The molecule has 0 heterocycles. The molecule has 0 radical (unpaired) electrons. The topological polar surface area (TPSA) is 18.5 Å². The van der Waals surface area contributed by atoms with Crippen LogP contribution in [0, 0.1) is 13.8 Å². The van der Waals surface area contributed by atoms with E-state index in [0.717, 1.165) is 6.42 Å². The van der Waals surface area contributed by atoms with Crippen LogP contribution in [0.15, 0.2) is 18.2 Å². The number of ether oxygens (including phenoxy) is 2. The van der Waals surface area contributed by atoms with Crippen molar-refractivity contribution >= 4 is 0 Å². The van der Waals surface area contributed by atoms with E-state index in [4.69, 9.17) is 9.47 Å². The van der Waals surface area contributed by atoms with Gasteiger partial charge in [0.2, 0.25) is 0 Å². The van der Waals surface area contributed by atoms with Crippen molar-refractivity contribution < 1.29 is 9.47 Å². The van der Waals surface area contributed by atoms with Crippen LogP contribution in [0.25, 0.3) is 0 Å². The minimum atomic E-state index is -0.116. The van der Waals surface area contributed by atoms with Crippen molar-refractivity contribution in [3.63, 3.8) is 0 Å². The smallest absolute Gasteiger partial charge is 0.157 e. The molecule has 2 nitrogen and oxygen atoms in total. The number of benzene rings is 1. The lowest BCUT2D eigenvalue weighted by Gasteiger charge is -2.20. The molecule has 1 unspecified atom stereocenters. The molecule has 0 aromatic heterocycles. The van der Waals surface area contributed by atoms with Gasteiger partial charge < -0.3 is 9.47 Å². The van der Waals surface area contributed by atoms with Crippen molar-refractivity contribution in [2.75, 3.05) is 14.2 Å². The van der Waals surface area contributed by atoms with Gasteiger partial charge in [0.15, 0.2) is 6.29 Å². The lowest BCUT2D eigenvalue weighted by atomic mass is 9.91. The summed E-state index contributed by atoms with van der Waals surface area (Å²) in [4.78, 5) is 0. The zero-order valence-corrected chi connectivity index (χ0v) is 10.9. The molecule has 0 spiro atoms. The van der Waals surface area contributed by atoms with Crippen LogP contribution in [0.4, 0.5) is 0 Å².